The predicted molar refractivity (Wildman–Crippen MR) is 133 cm³/mol. The molecule has 182 valence electrons. The van der Waals surface area contributed by atoms with E-state index in [0.717, 1.165) is 63.4 Å². The molecule has 3 amide bonds. The number of carbonyl (C=O) groups is 3. The molecule has 0 unspecified atom stereocenters. The van der Waals surface area contributed by atoms with Crippen LogP contribution >= 0.6 is 0 Å². The number of hydrogen-bond donors (Lipinski definition) is 2. The van der Waals surface area contributed by atoms with Gasteiger partial charge < -0.3 is 15.5 Å². The Morgan fingerprint density at radius 2 is 1.85 bits per heavy atom. The minimum absolute atomic E-state index is 0.0284. The van der Waals surface area contributed by atoms with Gasteiger partial charge in [-0.3, -0.25) is 14.4 Å². The maximum atomic E-state index is 13.3. The van der Waals surface area contributed by atoms with Gasteiger partial charge in [-0.15, -0.1) is 6.58 Å². The number of amides is 3. The van der Waals surface area contributed by atoms with E-state index in [1.807, 2.05) is 36.4 Å². The van der Waals surface area contributed by atoms with E-state index in [0.29, 0.717) is 25.8 Å². The topological polar surface area (TPSA) is 78.5 Å². The van der Waals surface area contributed by atoms with Crippen molar-refractivity contribution in [3.05, 3.63) is 48.6 Å². The van der Waals surface area contributed by atoms with Crippen LogP contribution in [-0.4, -0.2) is 48.3 Å². The van der Waals surface area contributed by atoms with Crippen molar-refractivity contribution in [1.82, 2.24) is 15.5 Å². The second-order valence-electron chi connectivity index (χ2n) is 9.01. The van der Waals surface area contributed by atoms with Gasteiger partial charge in [-0.25, -0.2) is 0 Å². The summed E-state index contributed by atoms with van der Waals surface area (Å²) in [6, 6.07) is 8.53. The molecule has 1 fully saturated rings. The van der Waals surface area contributed by atoms with Gasteiger partial charge in [0, 0.05) is 26.4 Å². The average Bonchev–Trinajstić information content (AvgIpc) is 2.81. The van der Waals surface area contributed by atoms with Crippen LogP contribution in [0.4, 0.5) is 0 Å². The number of likely N-dealkylation sites (N-methyl/N-ethyl adjacent to an activating group) is 1. The fourth-order valence-electron chi connectivity index (χ4n) is 4.21. The standard InChI is InChI=1S/C27H41N3O3/c1-3-4-5-6-7-8-14-19-25(31)30(2)24(21-22-16-11-9-12-17-22)27(33)29-23-18-13-10-15-20-28-26(23)32/h3,9,11-12,16-17,23-24H,1,4-8,10,13-15,18-21H2,2H3,(H,28,32)(H,29,33)/t23-,24-/m0/s1. The molecule has 33 heavy (non-hydrogen) atoms. The number of nitrogens with one attached hydrogen (secondary N) is 2. The Hall–Kier alpha value is -2.63. The molecule has 6 heteroatoms. The summed E-state index contributed by atoms with van der Waals surface area (Å²) < 4.78 is 0. The van der Waals surface area contributed by atoms with Gasteiger partial charge in [0.1, 0.15) is 12.1 Å². The van der Waals surface area contributed by atoms with Gasteiger partial charge in [-0.1, -0.05) is 68.5 Å². The van der Waals surface area contributed by atoms with Gasteiger partial charge in [0.05, 0.1) is 0 Å². The summed E-state index contributed by atoms with van der Waals surface area (Å²) in [4.78, 5) is 40.2. The Balaban J connectivity index is 1.98. The molecule has 2 atom stereocenters. The minimum atomic E-state index is -0.647. The van der Waals surface area contributed by atoms with Gasteiger partial charge in [0.2, 0.25) is 17.7 Å². The van der Waals surface area contributed by atoms with Crippen LogP contribution in [0.1, 0.15) is 76.2 Å². The molecule has 1 heterocycles. The number of unbranched alkanes of at least 4 members (excludes halogenated alkanes) is 5. The summed E-state index contributed by atoms with van der Waals surface area (Å²) in [5, 5.41) is 5.83. The Morgan fingerprint density at radius 3 is 2.61 bits per heavy atom. The van der Waals surface area contributed by atoms with E-state index < -0.39 is 12.1 Å². The van der Waals surface area contributed by atoms with Gasteiger partial charge in [0.15, 0.2) is 0 Å². The third kappa shape index (κ3) is 9.80. The Morgan fingerprint density at radius 1 is 1.12 bits per heavy atom. The number of carbonyl (C=O) groups excluding carboxylic acids is 3. The third-order valence-corrected chi connectivity index (χ3v) is 6.34. The first-order valence-electron chi connectivity index (χ1n) is 12.5. The van der Waals surface area contributed by atoms with Gasteiger partial charge in [0.25, 0.3) is 0 Å². The van der Waals surface area contributed by atoms with Crippen molar-refractivity contribution >= 4 is 17.7 Å². The van der Waals surface area contributed by atoms with E-state index in [9.17, 15) is 14.4 Å². The highest BCUT2D eigenvalue weighted by molar-refractivity contribution is 5.92. The highest BCUT2D eigenvalue weighted by Gasteiger charge is 2.30. The smallest absolute Gasteiger partial charge is 0.243 e. The van der Waals surface area contributed by atoms with Crippen molar-refractivity contribution in [3.63, 3.8) is 0 Å². The molecule has 1 aromatic carbocycles. The van der Waals surface area contributed by atoms with Crippen molar-refractivity contribution in [2.45, 2.75) is 89.1 Å². The lowest BCUT2D eigenvalue weighted by molar-refractivity contribution is -0.140. The molecule has 0 bridgehead atoms. The first-order valence-corrected chi connectivity index (χ1v) is 12.5. The highest BCUT2D eigenvalue weighted by atomic mass is 16.2. The quantitative estimate of drug-likeness (QED) is 0.346. The summed E-state index contributed by atoms with van der Waals surface area (Å²) in [7, 11) is 1.71. The number of nitrogens with zero attached hydrogens (tertiary/aromatic N) is 1. The molecule has 0 saturated carbocycles. The van der Waals surface area contributed by atoms with E-state index in [1.54, 1.807) is 11.9 Å². The molecule has 1 saturated heterocycles. The molecule has 0 aliphatic carbocycles. The molecular weight excluding hydrogens is 414 g/mol. The van der Waals surface area contributed by atoms with Crippen molar-refractivity contribution in [3.8, 4) is 0 Å². The molecule has 0 aromatic heterocycles. The lowest BCUT2D eigenvalue weighted by Crippen LogP contribution is -2.55. The fraction of sp³-hybridized carbons (Fsp3) is 0.593. The van der Waals surface area contributed by atoms with Crippen LogP contribution in [0.3, 0.4) is 0 Å². The third-order valence-electron chi connectivity index (χ3n) is 6.34. The van der Waals surface area contributed by atoms with Crippen molar-refractivity contribution in [1.29, 1.82) is 0 Å². The van der Waals surface area contributed by atoms with Gasteiger partial charge >= 0.3 is 0 Å². The summed E-state index contributed by atoms with van der Waals surface area (Å²) >= 11 is 0. The van der Waals surface area contributed by atoms with E-state index >= 15 is 0 Å². The lowest BCUT2D eigenvalue weighted by Gasteiger charge is -2.30. The largest absolute Gasteiger partial charge is 0.354 e. The molecule has 2 N–H and O–H groups in total. The minimum Gasteiger partial charge on any atom is -0.354 e. The monoisotopic (exact) mass is 455 g/mol. The molecule has 1 aliphatic heterocycles. The zero-order valence-corrected chi connectivity index (χ0v) is 20.2. The van der Waals surface area contributed by atoms with Crippen molar-refractivity contribution in [2.24, 2.45) is 0 Å². The maximum Gasteiger partial charge on any atom is 0.243 e. The first-order chi connectivity index (χ1) is 16.0. The molecule has 2 rings (SSSR count). The van der Waals surface area contributed by atoms with E-state index in [2.05, 4.69) is 17.2 Å². The second-order valence-corrected chi connectivity index (χ2v) is 9.01. The van der Waals surface area contributed by atoms with E-state index in [1.165, 1.54) is 0 Å². The van der Waals surface area contributed by atoms with Crippen LogP contribution < -0.4 is 10.6 Å². The SMILES string of the molecule is C=CCCCCCCCC(=O)N(C)[C@@H](Cc1ccccc1)C(=O)N[C@H]1CCCCCNC1=O. The molecular formula is C27H41N3O3. The second kappa shape index (κ2) is 15.3. The Kier molecular flexibility index (Phi) is 12.3. The zero-order chi connectivity index (χ0) is 23.9. The molecule has 1 aromatic rings. The average molecular weight is 456 g/mol. The predicted octanol–water partition coefficient (Wildman–Crippen LogP) is 4.15. The first kappa shape index (κ1) is 26.6. The molecule has 1 aliphatic rings. The fourth-order valence-corrected chi connectivity index (χ4v) is 4.21. The normalized spacial score (nSPS) is 17.2. The van der Waals surface area contributed by atoms with Crippen LogP contribution in [0, 0.1) is 0 Å². The maximum absolute atomic E-state index is 13.3. The van der Waals surface area contributed by atoms with Crippen LogP contribution in [0.2, 0.25) is 0 Å². The summed E-state index contributed by atoms with van der Waals surface area (Å²) in [5.41, 5.74) is 0.988. The van der Waals surface area contributed by atoms with E-state index in [-0.39, 0.29) is 17.7 Å². The number of rotatable bonds is 13. The van der Waals surface area contributed by atoms with E-state index in [4.69, 9.17) is 0 Å². The van der Waals surface area contributed by atoms with Gasteiger partial charge in [-0.05, 0) is 37.7 Å². The number of benzene rings is 1. The van der Waals surface area contributed by atoms with Crippen LogP contribution in [0.25, 0.3) is 0 Å². The highest BCUT2D eigenvalue weighted by Crippen LogP contribution is 2.14. The number of hydrogen-bond acceptors (Lipinski definition) is 3. The summed E-state index contributed by atoms with van der Waals surface area (Å²) in [6.45, 7) is 4.39. The number of allylic oxidation sites excluding steroid dienone is 1. The molecule has 6 nitrogen and oxygen atoms in total. The van der Waals surface area contributed by atoms with Crippen LogP contribution in [0.15, 0.2) is 43.0 Å². The lowest BCUT2D eigenvalue weighted by atomic mass is 10.0. The Labute approximate surface area is 199 Å². The van der Waals surface area contributed by atoms with Crippen molar-refractivity contribution < 1.29 is 14.4 Å². The van der Waals surface area contributed by atoms with Crippen molar-refractivity contribution in [2.75, 3.05) is 13.6 Å². The molecule has 0 radical (unpaired) electrons. The Bertz CT molecular complexity index is 750. The zero-order valence-electron chi connectivity index (χ0n) is 20.2. The van der Waals surface area contributed by atoms with Crippen LogP contribution in [-0.2, 0) is 20.8 Å². The summed E-state index contributed by atoms with van der Waals surface area (Å²) in [6.07, 6.45) is 12.6. The van der Waals surface area contributed by atoms with Crippen LogP contribution in [0.5, 0.6) is 0 Å². The molecule has 0 spiro atoms. The van der Waals surface area contributed by atoms with Gasteiger partial charge in [-0.2, -0.15) is 0 Å². The summed E-state index contributed by atoms with van der Waals surface area (Å²) in [5.74, 6) is -0.425.